The first-order chi connectivity index (χ1) is 10.4. The average molecular weight is 312 g/mol. The highest BCUT2D eigenvalue weighted by Gasteiger charge is 2.27. The lowest BCUT2D eigenvalue weighted by molar-refractivity contribution is 0.0161. The van der Waals surface area contributed by atoms with Gasteiger partial charge in [-0.2, -0.15) is 0 Å². The Hall–Kier alpha value is -0.770. The topological polar surface area (TPSA) is 41.6 Å². The van der Waals surface area contributed by atoms with Gasteiger partial charge in [0, 0.05) is 19.1 Å². The summed E-state index contributed by atoms with van der Waals surface area (Å²) < 4.78 is 5.49. The van der Waals surface area contributed by atoms with Crippen molar-refractivity contribution in [3.8, 4) is 0 Å². The Morgan fingerprint density at radius 1 is 1.36 bits per heavy atom. The van der Waals surface area contributed by atoms with Crippen molar-refractivity contribution in [2.45, 2.75) is 84.8 Å². The summed E-state index contributed by atoms with van der Waals surface area (Å²) in [4.78, 5) is 14.1. The third-order valence-corrected chi connectivity index (χ3v) is 4.29. The molecule has 1 aliphatic heterocycles. The molecule has 0 aromatic heterocycles. The molecule has 1 N–H and O–H groups in total. The van der Waals surface area contributed by atoms with E-state index in [1.54, 1.807) is 0 Å². The number of piperidine rings is 1. The fourth-order valence-corrected chi connectivity index (χ4v) is 3.08. The van der Waals surface area contributed by atoms with Crippen molar-refractivity contribution < 1.29 is 9.53 Å². The monoisotopic (exact) mass is 312 g/mol. The van der Waals surface area contributed by atoms with Crippen molar-refractivity contribution in [3.63, 3.8) is 0 Å². The maximum absolute atomic E-state index is 12.2. The molecule has 1 saturated heterocycles. The Balaban J connectivity index is 2.32. The van der Waals surface area contributed by atoms with Crippen LogP contribution in [-0.2, 0) is 4.74 Å². The Morgan fingerprint density at radius 2 is 2.09 bits per heavy atom. The number of amides is 1. The third-order valence-electron chi connectivity index (χ3n) is 4.29. The molecule has 0 bridgehead atoms. The third kappa shape index (κ3) is 7.48. The highest BCUT2D eigenvalue weighted by molar-refractivity contribution is 5.68. The quantitative estimate of drug-likeness (QED) is 0.766. The van der Waals surface area contributed by atoms with Crippen molar-refractivity contribution in [2.24, 2.45) is 5.92 Å². The van der Waals surface area contributed by atoms with E-state index in [2.05, 4.69) is 19.2 Å². The Labute approximate surface area is 137 Å². The number of nitrogens with one attached hydrogen (secondary N) is 1. The van der Waals surface area contributed by atoms with E-state index in [1.807, 2.05) is 25.7 Å². The van der Waals surface area contributed by atoms with Gasteiger partial charge >= 0.3 is 6.09 Å². The second-order valence-electron chi connectivity index (χ2n) is 7.57. The van der Waals surface area contributed by atoms with Crippen molar-refractivity contribution >= 4 is 6.09 Å². The second kappa shape index (κ2) is 9.39. The fraction of sp³-hybridized carbons (Fsp3) is 0.944. The maximum atomic E-state index is 12.2. The lowest BCUT2D eigenvalue weighted by Gasteiger charge is -2.34. The highest BCUT2D eigenvalue weighted by Crippen LogP contribution is 2.21. The zero-order valence-corrected chi connectivity index (χ0v) is 15.3. The number of nitrogens with zero attached hydrogens (tertiary/aromatic N) is 1. The van der Waals surface area contributed by atoms with Gasteiger partial charge in [0.25, 0.3) is 0 Å². The summed E-state index contributed by atoms with van der Waals surface area (Å²) in [6.07, 6.45) is 7.01. The normalized spacial score (nSPS) is 20.8. The van der Waals surface area contributed by atoms with Crippen molar-refractivity contribution in [1.82, 2.24) is 10.2 Å². The molecule has 1 amide bonds. The van der Waals surface area contributed by atoms with Crippen LogP contribution in [0, 0.1) is 5.92 Å². The van der Waals surface area contributed by atoms with Crippen LogP contribution in [0.5, 0.6) is 0 Å². The predicted molar refractivity (Wildman–Crippen MR) is 92.1 cm³/mol. The van der Waals surface area contributed by atoms with Crippen molar-refractivity contribution in [2.75, 3.05) is 19.6 Å². The van der Waals surface area contributed by atoms with Gasteiger partial charge in [-0.25, -0.2) is 4.79 Å². The fourth-order valence-electron chi connectivity index (χ4n) is 3.08. The first-order valence-electron chi connectivity index (χ1n) is 9.07. The van der Waals surface area contributed by atoms with E-state index >= 15 is 0 Å². The molecule has 4 heteroatoms. The Kier molecular flexibility index (Phi) is 8.23. The highest BCUT2D eigenvalue weighted by atomic mass is 16.6. The van der Waals surface area contributed by atoms with Crippen LogP contribution in [0.15, 0.2) is 0 Å². The molecule has 1 heterocycles. The first-order valence-corrected chi connectivity index (χ1v) is 9.07. The molecule has 0 aromatic carbocycles. The van der Waals surface area contributed by atoms with Crippen LogP contribution in [0.3, 0.4) is 0 Å². The van der Waals surface area contributed by atoms with E-state index < -0.39 is 5.60 Å². The molecular weight excluding hydrogens is 276 g/mol. The van der Waals surface area contributed by atoms with E-state index in [-0.39, 0.29) is 6.09 Å². The largest absolute Gasteiger partial charge is 0.444 e. The molecule has 130 valence electrons. The summed E-state index contributed by atoms with van der Waals surface area (Å²) in [5, 5.41) is 3.67. The van der Waals surface area contributed by atoms with Gasteiger partial charge in [-0.05, 0) is 65.3 Å². The summed E-state index contributed by atoms with van der Waals surface area (Å²) in [5.41, 5.74) is -0.403. The number of hydrogen-bond donors (Lipinski definition) is 1. The first kappa shape index (κ1) is 19.3. The summed E-state index contributed by atoms with van der Waals surface area (Å²) in [6.45, 7) is 13.0. The minimum absolute atomic E-state index is 0.150. The molecule has 0 spiro atoms. The number of hydrogen-bond acceptors (Lipinski definition) is 3. The number of ether oxygens (including phenoxy) is 1. The second-order valence-corrected chi connectivity index (χ2v) is 7.57. The predicted octanol–water partition coefficient (Wildman–Crippen LogP) is 4.19. The minimum Gasteiger partial charge on any atom is -0.444 e. The summed E-state index contributed by atoms with van der Waals surface area (Å²) >= 11 is 0. The summed E-state index contributed by atoms with van der Waals surface area (Å²) in [7, 11) is 0. The molecule has 4 nitrogen and oxygen atoms in total. The van der Waals surface area contributed by atoms with Crippen LogP contribution in [0.4, 0.5) is 4.79 Å². The standard InChI is InChI=1S/C18H36N2O2/c1-6-9-16(7-2)19-12-11-15-10-8-13-20(14-15)17(21)22-18(3,4)5/h15-16,19H,6-14H2,1-5H3. The smallest absolute Gasteiger partial charge is 0.410 e. The molecule has 1 rings (SSSR count). The van der Waals surface area contributed by atoms with Crippen LogP contribution < -0.4 is 5.32 Å². The molecule has 1 aliphatic rings. The van der Waals surface area contributed by atoms with Gasteiger partial charge in [0.15, 0.2) is 0 Å². The Morgan fingerprint density at radius 3 is 2.68 bits per heavy atom. The molecule has 22 heavy (non-hydrogen) atoms. The number of carbonyl (C=O) groups is 1. The molecule has 1 fully saturated rings. The molecule has 0 aliphatic carbocycles. The Bertz CT molecular complexity index is 326. The van der Waals surface area contributed by atoms with E-state index in [1.165, 1.54) is 25.7 Å². The molecule has 2 unspecified atom stereocenters. The maximum Gasteiger partial charge on any atom is 0.410 e. The average Bonchev–Trinajstić information content (AvgIpc) is 2.45. The number of likely N-dealkylation sites (tertiary alicyclic amines) is 1. The van der Waals surface area contributed by atoms with Crippen LogP contribution >= 0.6 is 0 Å². The van der Waals surface area contributed by atoms with Gasteiger partial charge in [0.2, 0.25) is 0 Å². The van der Waals surface area contributed by atoms with Gasteiger partial charge in [-0.15, -0.1) is 0 Å². The molecule has 0 radical (unpaired) electrons. The van der Waals surface area contributed by atoms with Crippen LogP contribution in [0.1, 0.15) is 73.1 Å². The number of carbonyl (C=O) groups excluding carboxylic acids is 1. The van der Waals surface area contributed by atoms with Crippen molar-refractivity contribution in [1.29, 1.82) is 0 Å². The zero-order chi connectivity index (χ0) is 16.6. The molecule has 0 saturated carbocycles. The van der Waals surface area contributed by atoms with Gasteiger partial charge in [-0.3, -0.25) is 0 Å². The molecule has 2 atom stereocenters. The number of rotatable bonds is 7. The summed E-state index contributed by atoms with van der Waals surface area (Å²) in [5.74, 6) is 0.605. The van der Waals surface area contributed by atoms with Gasteiger partial charge in [-0.1, -0.05) is 20.3 Å². The summed E-state index contributed by atoms with van der Waals surface area (Å²) in [6, 6.07) is 0.649. The van der Waals surface area contributed by atoms with Crippen LogP contribution in [0.25, 0.3) is 0 Å². The minimum atomic E-state index is -0.403. The van der Waals surface area contributed by atoms with Gasteiger partial charge in [0.05, 0.1) is 0 Å². The van der Waals surface area contributed by atoms with Gasteiger partial charge < -0.3 is 15.0 Å². The lowest BCUT2D eigenvalue weighted by atomic mass is 9.95. The van der Waals surface area contributed by atoms with Gasteiger partial charge in [0.1, 0.15) is 5.60 Å². The van der Waals surface area contributed by atoms with E-state index in [0.717, 1.165) is 32.5 Å². The molecular formula is C18H36N2O2. The van der Waals surface area contributed by atoms with Crippen molar-refractivity contribution in [3.05, 3.63) is 0 Å². The van der Waals surface area contributed by atoms with Crippen LogP contribution in [-0.4, -0.2) is 42.3 Å². The van der Waals surface area contributed by atoms with E-state index in [4.69, 9.17) is 4.74 Å². The van der Waals surface area contributed by atoms with Crippen LogP contribution in [0.2, 0.25) is 0 Å². The SMILES string of the molecule is CCCC(CC)NCCC1CCCN(C(=O)OC(C)(C)C)C1. The lowest BCUT2D eigenvalue weighted by Crippen LogP contribution is -2.43. The van der Waals surface area contributed by atoms with E-state index in [0.29, 0.717) is 12.0 Å². The van der Waals surface area contributed by atoms with E-state index in [9.17, 15) is 4.79 Å². The zero-order valence-electron chi connectivity index (χ0n) is 15.3. The molecule has 0 aromatic rings.